The van der Waals surface area contributed by atoms with Crippen molar-refractivity contribution in [2.24, 2.45) is 0 Å². The Balaban J connectivity index is 2.45. The van der Waals surface area contributed by atoms with Crippen molar-refractivity contribution < 1.29 is 5.11 Å². The van der Waals surface area contributed by atoms with Gasteiger partial charge in [0, 0.05) is 10.0 Å². The second-order valence-electron chi connectivity index (χ2n) is 3.40. The molecule has 84 valence electrons. The van der Waals surface area contributed by atoms with Crippen LogP contribution in [0.25, 0.3) is 11.3 Å². The number of hydrogen-bond acceptors (Lipinski definition) is 3. The van der Waals surface area contributed by atoms with E-state index >= 15 is 0 Å². The fourth-order valence-electron chi connectivity index (χ4n) is 1.59. The van der Waals surface area contributed by atoms with Gasteiger partial charge < -0.3 is 10.8 Å². The first-order valence-corrected chi connectivity index (χ1v) is 5.69. The Morgan fingerprint density at radius 1 is 1.31 bits per heavy atom. The topological polar surface area (TPSA) is 64.1 Å². The molecule has 0 radical (unpaired) electrons. The number of aromatic nitrogens is 2. The van der Waals surface area contributed by atoms with Gasteiger partial charge in [-0.05, 0) is 12.1 Å². The molecular formula is C11H12BrN3O. The lowest BCUT2D eigenvalue weighted by molar-refractivity contribution is 0.270. The van der Waals surface area contributed by atoms with E-state index in [1.54, 1.807) is 10.9 Å². The molecule has 0 fully saturated rings. The summed E-state index contributed by atoms with van der Waals surface area (Å²) in [6.45, 7) is 0.493. The number of anilines is 1. The van der Waals surface area contributed by atoms with Crippen molar-refractivity contribution in [2.75, 3.05) is 12.3 Å². The highest BCUT2D eigenvalue weighted by molar-refractivity contribution is 9.10. The number of rotatable bonds is 3. The van der Waals surface area contributed by atoms with E-state index < -0.39 is 0 Å². The molecule has 3 N–H and O–H groups in total. The fourth-order valence-corrected chi connectivity index (χ4v) is 1.85. The van der Waals surface area contributed by atoms with Crippen LogP contribution in [0.5, 0.6) is 0 Å². The third-order valence-electron chi connectivity index (χ3n) is 2.30. The molecule has 2 aromatic rings. The van der Waals surface area contributed by atoms with Gasteiger partial charge in [-0.2, -0.15) is 5.10 Å². The summed E-state index contributed by atoms with van der Waals surface area (Å²) in [7, 11) is 0. The minimum Gasteiger partial charge on any atom is -0.396 e. The molecule has 0 bridgehead atoms. The van der Waals surface area contributed by atoms with E-state index in [1.807, 2.05) is 24.3 Å². The van der Waals surface area contributed by atoms with Gasteiger partial charge in [-0.3, -0.25) is 4.68 Å². The van der Waals surface area contributed by atoms with Gasteiger partial charge >= 0.3 is 0 Å². The predicted octanol–water partition coefficient (Wildman–Crippen LogP) is 1.89. The molecule has 1 heterocycles. The van der Waals surface area contributed by atoms with Crippen LogP contribution in [-0.4, -0.2) is 21.5 Å². The standard InChI is InChI=1S/C11H12BrN3O/c12-9-3-1-8(2-4-9)11-10(13)7-14-15(11)5-6-16/h1-4,7,16H,5-6,13H2. The van der Waals surface area contributed by atoms with E-state index in [0.717, 1.165) is 15.7 Å². The molecular weight excluding hydrogens is 270 g/mol. The molecule has 0 saturated carbocycles. The van der Waals surface area contributed by atoms with Crippen LogP contribution in [0.2, 0.25) is 0 Å². The second-order valence-corrected chi connectivity index (χ2v) is 4.32. The summed E-state index contributed by atoms with van der Waals surface area (Å²) in [5.74, 6) is 0. The molecule has 0 atom stereocenters. The maximum atomic E-state index is 8.94. The van der Waals surface area contributed by atoms with Gasteiger partial charge in [0.05, 0.1) is 30.7 Å². The molecule has 1 aromatic heterocycles. The average molecular weight is 282 g/mol. The van der Waals surface area contributed by atoms with Crippen molar-refractivity contribution in [2.45, 2.75) is 6.54 Å². The van der Waals surface area contributed by atoms with Crippen molar-refractivity contribution in [1.82, 2.24) is 9.78 Å². The zero-order chi connectivity index (χ0) is 11.5. The molecule has 16 heavy (non-hydrogen) atoms. The van der Waals surface area contributed by atoms with E-state index in [9.17, 15) is 0 Å². The van der Waals surface area contributed by atoms with Crippen LogP contribution in [-0.2, 0) is 6.54 Å². The first-order valence-electron chi connectivity index (χ1n) is 4.90. The van der Waals surface area contributed by atoms with Crippen molar-refractivity contribution in [3.63, 3.8) is 0 Å². The Kier molecular flexibility index (Phi) is 3.26. The van der Waals surface area contributed by atoms with Gasteiger partial charge in [0.25, 0.3) is 0 Å². The van der Waals surface area contributed by atoms with E-state index in [1.165, 1.54) is 0 Å². The zero-order valence-corrected chi connectivity index (χ0v) is 10.2. The number of nitrogens with two attached hydrogens (primary N) is 1. The Labute approximate surface area is 102 Å². The Morgan fingerprint density at radius 3 is 2.62 bits per heavy atom. The predicted molar refractivity (Wildman–Crippen MR) is 66.9 cm³/mol. The zero-order valence-electron chi connectivity index (χ0n) is 8.60. The van der Waals surface area contributed by atoms with Crippen molar-refractivity contribution in [3.05, 3.63) is 34.9 Å². The lowest BCUT2D eigenvalue weighted by Gasteiger charge is -2.07. The summed E-state index contributed by atoms with van der Waals surface area (Å²) in [5.41, 5.74) is 8.33. The minimum absolute atomic E-state index is 0.0463. The maximum absolute atomic E-state index is 8.94. The van der Waals surface area contributed by atoms with Gasteiger partial charge in [0.15, 0.2) is 0 Å². The average Bonchev–Trinajstić information content (AvgIpc) is 2.62. The number of aliphatic hydroxyl groups excluding tert-OH is 1. The van der Waals surface area contributed by atoms with Gasteiger partial charge in [-0.15, -0.1) is 0 Å². The smallest absolute Gasteiger partial charge is 0.0913 e. The molecule has 2 rings (SSSR count). The monoisotopic (exact) mass is 281 g/mol. The van der Waals surface area contributed by atoms with Crippen LogP contribution < -0.4 is 5.73 Å². The van der Waals surface area contributed by atoms with Crippen LogP contribution in [0.15, 0.2) is 34.9 Å². The summed E-state index contributed by atoms with van der Waals surface area (Å²) in [5, 5.41) is 13.1. The highest BCUT2D eigenvalue weighted by Gasteiger charge is 2.09. The molecule has 1 aromatic carbocycles. The molecule has 4 nitrogen and oxygen atoms in total. The van der Waals surface area contributed by atoms with Crippen LogP contribution in [0.3, 0.4) is 0 Å². The number of halogens is 1. The summed E-state index contributed by atoms with van der Waals surface area (Å²) in [4.78, 5) is 0. The summed E-state index contributed by atoms with van der Waals surface area (Å²) in [6, 6.07) is 7.83. The molecule has 0 aliphatic carbocycles. The first kappa shape index (κ1) is 11.2. The fraction of sp³-hybridized carbons (Fsp3) is 0.182. The molecule has 0 unspecified atom stereocenters. The van der Waals surface area contributed by atoms with Gasteiger partial charge in [0.1, 0.15) is 0 Å². The van der Waals surface area contributed by atoms with E-state index in [2.05, 4.69) is 21.0 Å². The maximum Gasteiger partial charge on any atom is 0.0913 e. The molecule has 0 aliphatic rings. The number of aliphatic hydroxyl groups is 1. The van der Waals surface area contributed by atoms with Crippen LogP contribution in [0.4, 0.5) is 5.69 Å². The highest BCUT2D eigenvalue weighted by atomic mass is 79.9. The molecule has 0 saturated heterocycles. The Morgan fingerprint density at radius 2 is 2.00 bits per heavy atom. The van der Waals surface area contributed by atoms with Crippen molar-refractivity contribution >= 4 is 21.6 Å². The van der Waals surface area contributed by atoms with Gasteiger partial charge in [0.2, 0.25) is 0 Å². The van der Waals surface area contributed by atoms with Gasteiger partial charge in [-0.25, -0.2) is 0 Å². The van der Waals surface area contributed by atoms with Crippen molar-refractivity contribution in [3.8, 4) is 11.3 Å². The van der Waals surface area contributed by atoms with E-state index in [-0.39, 0.29) is 6.61 Å². The quantitative estimate of drug-likeness (QED) is 0.903. The highest BCUT2D eigenvalue weighted by Crippen LogP contribution is 2.26. The third-order valence-corrected chi connectivity index (χ3v) is 2.83. The molecule has 0 aliphatic heterocycles. The molecule has 0 amide bonds. The van der Waals surface area contributed by atoms with Crippen LogP contribution in [0, 0.1) is 0 Å². The number of nitrogens with zero attached hydrogens (tertiary/aromatic N) is 2. The molecule has 5 heteroatoms. The number of benzene rings is 1. The number of nitrogen functional groups attached to an aromatic ring is 1. The van der Waals surface area contributed by atoms with Crippen LogP contribution in [0.1, 0.15) is 0 Å². The normalized spacial score (nSPS) is 10.6. The summed E-state index contributed by atoms with van der Waals surface area (Å²) in [6.07, 6.45) is 1.60. The van der Waals surface area contributed by atoms with Crippen molar-refractivity contribution in [1.29, 1.82) is 0 Å². The Bertz CT molecular complexity index is 478. The lowest BCUT2D eigenvalue weighted by Crippen LogP contribution is -2.06. The summed E-state index contributed by atoms with van der Waals surface area (Å²) < 4.78 is 2.72. The van der Waals surface area contributed by atoms with Gasteiger partial charge in [-0.1, -0.05) is 28.1 Å². The largest absolute Gasteiger partial charge is 0.396 e. The Hall–Kier alpha value is -1.33. The summed E-state index contributed by atoms with van der Waals surface area (Å²) >= 11 is 3.38. The minimum atomic E-state index is 0.0463. The lowest BCUT2D eigenvalue weighted by atomic mass is 10.1. The van der Waals surface area contributed by atoms with E-state index in [0.29, 0.717) is 12.2 Å². The SMILES string of the molecule is Nc1cnn(CCO)c1-c1ccc(Br)cc1. The first-order chi connectivity index (χ1) is 7.72. The second kappa shape index (κ2) is 4.67. The number of hydrogen-bond donors (Lipinski definition) is 2. The molecule has 0 spiro atoms. The van der Waals surface area contributed by atoms with Crippen LogP contribution >= 0.6 is 15.9 Å². The third kappa shape index (κ3) is 2.10. The van der Waals surface area contributed by atoms with E-state index in [4.69, 9.17) is 10.8 Å².